The van der Waals surface area contributed by atoms with E-state index < -0.39 is 225 Å². The van der Waals surface area contributed by atoms with Gasteiger partial charge in [0, 0.05) is 12.8 Å². The number of hydrogen-bond acceptors (Lipinski definition) is 32. The van der Waals surface area contributed by atoms with E-state index in [1.807, 2.05) is 0 Å². The van der Waals surface area contributed by atoms with Gasteiger partial charge in [-0.15, -0.1) is 0 Å². The van der Waals surface area contributed by atoms with Crippen molar-refractivity contribution in [3.8, 4) is 0 Å². The van der Waals surface area contributed by atoms with Crippen molar-refractivity contribution in [3.05, 3.63) is 24.3 Å². The zero-order valence-corrected chi connectivity index (χ0v) is 59.0. The number of phosphoric ester groups is 1. The molecule has 5 aliphatic rings. The second-order valence-corrected chi connectivity index (χ2v) is 28.3. The third kappa shape index (κ3) is 28.9. The minimum atomic E-state index is -5.82. The van der Waals surface area contributed by atoms with Crippen molar-refractivity contribution in [2.75, 3.05) is 39.6 Å². The van der Waals surface area contributed by atoms with Gasteiger partial charge in [-0.2, -0.15) is 0 Å². The standard InChI is InChI=1S/C67H119O33P/c1-3-5-7-9-11-13-15-17-18-20-21-23-25-27-29-31-44(70)89-35-39(93-45(71)32-30-28-26-24-22-19-16-14-12-10-8-6-4-2)36-92-101(87,88)100-63-61(98-66-59(85)51(77)47(73)41(34-69)95-66)55(81)54(80)56(82)62(63)99-67-60(86)53(79)49(75)43(97-67)38-91-65-58(84)52(78)48(74)42(96-65)37-90-64-57(83)50(76)46(72)40(33-68)94-64/h14,16-18,39-43,46-69,72-86H,3-13,15,19-38H2,1-2H3,(H,87,88)/b16-14-,18-17-/t39-,40?,41?,42?,43?,46+,47-,48+,49+,50?,51?,52?,53?,54+,55?,56?,57+,58+,59-,60+,61-,62?,63+,64-,65-,66-,67+/m1/s1. The molecule has 0 aromatic rings. The van der Waals surface area contributed by atoms with Gasteiger partial charge >= 0.3 is 19.8 Å². The lowest BCUT2D eigenvalue weighted by atomic mass is 9.84. The fourth-order valence-corrected chi connectivity index (χ4v) is 13.3. The Morgan fingerprint density at radius 2 is 0.713 bits per heavy atom. The van der Waals surface area contributed by atoms with Gasteiger partial charge in [0.15, 0.2) is 31.3 Å². The second kappa shape index (κ2) is 47.4. The molecule has 12 unspecified atom stereocenters. The minimum absolute atomic E-state index is 0.0163. The summed E-state index contributed by atoms with van der Waals surface area (Å²) in [7, 11) is -5.82. The van der Waals surface area contributed by atoms with E-state index in [1.165, 1.54) is 57.8 Å². The number of allylic oxidation sites excluding steroid dienone is 4. The molecule has 0 aromatic heterocycles. The van der Waals surface area contributed by atoms with Gasteiger partial charge in [0.2, 0.25) is 0 Å². The number of esters is 2. The summed E-state index contributed by atoms with van der Waals surface area (Å²) in [4.78, 5) is 38.1. The Hall–Kier alpha value is -2.47. The Morgan fingerprint density at radius 1 is 0.386 bits per heavy atom. The molecule has 5 rings (SSSR count). The maximum Gasteiger partial charge on any atom is 0.472 e. The van der Waals surface area contributed by atoms with E-state index >= 15 is 0 Å². The lowest BCUT2D eigenvalue weighted by Crippen LogP contribution is -2.69. The van der Waals surface area contributed by atoms with Crippen molar-refractivity contribution in [3.63, 3.8) is 0 Å². The number of ether oxygens (including phenoxy) is 10. The van der Waals surface area contributed by atoms with E-state index in [1.54, 1.807) is 0 Å². The van der Waals surface area contributed by atoms with Crippen LogP contribution in [0.4, 0.5) is 0 Å². The van der Waals surface area contributed by atoms with Crippen molar-refractivity contribution in [2.24, 2.45) is 0 Å². The highest BCUT2D eigenvalue weighted by Crippen LogP contribution is 2.49. The molecule has 5 fully saturated rings. The van der Waals surface area contributed by atoms with E-state index in [0.717, 1.165) is 77.0 Å². The van der Waals surface area contributed by atoms with Gasteiger partial charge in [0.05, 0.1) is 33.0 Å². The highest BCUT2D eigenvalue weighted by molar-refractivity contribution is 7.47. The highest BCUT2D eigenvalue weighted by atomic mass is 31.2. The number of aliphatic hydroxyl groups excluding tert-OH is 17. The van der Waals surface area contributed by atoms with E-state index in [9.17, 15) is 106 Å². The number of aliphatic hydroxyl groups is 17. The summed E-state index contributed by atoms with van der Waals surface area (Å²) >= 11 is 0. The molecule has 4 aliphatic heterocycles. The minimum Gasteiger partial charge on any atom is -0.462 e. The largest absolute Gasteiger partial charge is 0.472 e. The molecule has 33 nitrogen and oxygen atoms in total. The molecule has 590 valence electrons. The van der Waals surface area contributed by atoms with Gasteiger partial charge in [-0.05, 0) is 64.2 Å². The van der Waals surface area contributed by atoms with E-state index in [-0.39, 0.29) is 12.8 Å². The first-order valence-corrected chi connectivity index (χ1v) is 37.7. The number of unbranched alkanes of at least 4 members (excludes halogenated alkanes) is 20. The molecular formula is C67H119O33P. The normalized spacial score (nSPS) is 36.6. The van der Waals surface area contributed by atoms with Gasteiger partial charge in [0.25, 0.3) is 0 Å². The van der Waals surface area contributed by atoms with Gasteiger partial charge in [-0.3, -0.25) is 18.6 Å². The van der Waals surface area contributed by atoms with Crippen molar-refractivity contribution in [1.29, 1.82) is 0 Å². The number of hydrogen-bond donors (Lipinski definition) is 18. The van der Waals surface area contributed by atoms with Crippen molar-refractivity contribution >= 4 is 19.8 Å². The van der Waals surface area contributed by atoms with Crippen LogP contribution in [-0.4, -0.2) is 309 Å². The Kier molecular flexibility index (Phi) is 41.8. The van der Waals surface area contributed by atoms with Gasteiger partial charge in [-0.1, -0.05) is 128 Å². The lowest BCUT2D eigenvalue weighted by molar-refractivity contribution is -0.365. The average Bonchev–Trinajstić information content (AvgIpc) is 0.762. The molecule has 4 heterocycles. The fraction of sp³-hybridized carbons (Fsp3) is 0.910. The zero-order valence-electron chi connectivity index (χ0n) is 58.1. The van der Waals surface area contributed by atoms with Crippen molar-refractivity contribution in [1.82, 2.24) is 0 Å². The average molecular weight is 1480 g/mol. The third-order valence-corrected chi connectivity index (χ3v) is 19.7. The molecule has 1 aliphatic carbocycles. The topological polar surface area (TPSA) is 526 Å². The van der Waals surface area contributed by atoms with Gasteiger partial charge < -0.3 is 139 Å². The van der Waals surface area contributed by atoms with Crippen molar-refractivity contribution < 1.29 is 162 Å². The Morgan fingerprint density at radius 3 is 1.13 bits per heavy atom. The number of phosphoric acid groups is 1. The first-order chi connectivity index (χ1) is 48.3. The van der Waals surface area contributed by atoms with Crippen LogP contribution >= 0.6 is 7.82 Å². The van der Waals surface area contributed by atoms with Crippen LogP contribution in [0.15, 0.2) is 24.3 Å². The molecule has 4 saturated heterocycles. The zero-order chi connectivity index (χ0) is 74.2. The molecule has 0 aromatic carbocycles. The first kappa shape index (κ1) is 89.2. The van der Waals surface area contributed by atoms with Crippen LogP contribution in [0.1, 0.15) is 181 Å². The molecule has 0 spiro atoms. The van der Waals surface area contributed by atoms with Crippen LogP contribution in [0, 0.1) is 0 Å². The van der Waals surface area contributed by atoms with E-state index in [2.05, 4.69) is 38.2 Å². The van der Waals surface area contributed by atoms with Crippen LogP contribution in [-0.2, 0) is 70.6 Å². The van der Waals surface area contributed by atoms with Gasteiger partial charge in [0.1, 0.15) is 141 Å². The molecule has 101 heavy (non-hydrogen) atoms. The van der Waals surface area contributed by atoms with Crippen LogP contribution in [0.25, 0.3) is 0 Å². The lowest BCUT2D eigenvalue weighted by Gasteiger charge is -2.49. The molecule has 0 radical (unpaired) electrons. The summed E-state index contributed by atoms with van der Waals surface area (Å²) in [5.41, 5.74) is 0. The molecule has 1 saturated carbocycles. The van der Waals surface area contributed by atoms with Crippen molar-refractivity contribution in [2.45, 2.75) is 346 Å². The Labute approximate surface area is 590 Å². The number of carbonyl (C=O) groups excluding carboxylic acids is 2. The maximum atomic E-state index is 14.4. The third-order valence-electron chi connectivity index (χ3n) is 18.7. The van der Waals surface area contributed by atoms with E-state index in [0.29, 0.717) is 19.3 Å². The van der Waals surface area contributed by atoms with Crippen LogP contribution in [0.3, 0.4) is 0 Å². The second-order valence-electron chi connectivity index (χ2n) is 26.9. The van der Waals surface area contributed by atoms with Crippen LogP contribution < -0.4 is 0 Å². The molecule has 0 amide bonds. The molecular weight excluding hydrogens is 1360 g/mol. The Bertz CT molecular complexity index is 2360. The number of carbonyl (C=O) groups is 2. The summed E-state index contributed by atoms with van der Waals surface area (Å²) in [6.07, 6.45) is -23.5. The number of rotatable bonds is 48. The van der Waals surface area contributed by atoms with E-state index in [4.69, 9.17) is 56.4 Å². The van der Waals surface area contributed by atoms with Crippen LogP contribution in [0.5, 0.6) is 0 Å². The first-order valence-electron chi connectivity index (χ1n) is 36.2. The SMILES string of the molecule is CCCCCC/C=C\CCCCCCCC(=O)O[C@H](COC(=O)CCCCCCC/C=C\CCCCCCCC)COP(=O)(O)O[C@@H]1C(O[C@@H]2OC(CO[C@@H]3OC(CO[C@@H]4OC(CO)[C@H](O)C(O)[C@@H]4O)[C@H](O)C(O)[C@@H]3O)[C@H](O)C(O)[C@@H]2O)C(O)[C@@H](O)C(O)[C@H]1O[C@H]1OC(CO)[C@@H](O)C(O)[C@H]1O. The summed E-state index contributed by atoms with van der Waals surface area (Å²) in [6, 6.07) is 0. The molecule has 18 N–H and O–H groups in total. The smallest absolute Gasteiger partial charge is 0.462 e. The quantitative estimate of drug-likeness (QED) is 0.0156. The monoisotopic (exact) mass is 1480 g/mol. The summed E-state index contributed by atoms with van der Waals surface area (Å²) in [5, 5.41) is 183. The van der Waals surface area contributed by atoms with Gasteiger partial charge in [-0.25, -0.2) is 4.57 Å². The maximum absolute atomic E-state index is 14.4. The summed E-state index contributed by atoms with van der Waals surface area (Å²) in [5.74, 6) is -1.47. The van der Waals surface area contributed by atoms with Crippen LogP contribution in [0.2, 0.25) is 0 Å². The predicted octanol–water partition coefficient (Wildman–Crippen LogP) is -0.647. The molecule has 28 atom stereocenters. The Balaban J connectivity index is 1.30. The highest BCUT2D eigenvalue weighted by Gasteiger charge is 2.59. The fourth-order valence-electron chi connectivity index (χ4n) is 12.3. The summed E-state index contributed by atoms with van der Waals surface area (Å²) in [6.45, 7) is -0.961. The summed E-state index contributed by atoms with van der Waals surface area (Å²) < 4.78 is 81.4. The predicted molar refractivity (Wildman–Crippen MR) is 352 cm³/mol. The molecule has 34 heteroatoms. The molecule has 0 bridgehead atoms.